The third-order valence-corrected chi connectivity index (χ3v) is 5.07. The molecule has 174 valence electrons. The Morgan fingerprint density at radius 2 is 1.76 bits per heavy atom. The van der Waals surface area contributed by atoms with Gasteiger partial charge in [-0.05, 0) is 100 Å². The number of pyridine rings is 1. The summed E-state index contributed by atoms with van der Waals surface area (Å²) in [5.74, 6) is 0.269. The maximum atomic E-state index is 13.2. The van der Waals surface area contributed by atoms with Crippen molar-refractivity contribution in [1.82, 2.24) is 9.88 Å². The first-order valence-corrected chi connectivity index (χ1v) is 10.5. The molecule has 0 saturated heterocycles. The third-order valence-electron chi connectivity index (χ3n) is 5.07. The SMILES string of the molecule is CN(C)CCCCc1cc(C(F)(F)F)ccc1Oc1ccc(-c2cccc(C(N)=O)n2)cc1. The summed E-state index contributed by atoms with van der Waals surface area (Å²) in [4.78, 5) is 17.6. The Morgan fingerprint density at radius 3 is 2.39 bits per heavy atom. The molecule has 2 aromatic carbocycles. The molecule has 33 heavy (non-hydrogen) atoms. The van der Waals surface area contributed by atoms with Gasteiger partial charge in [0.2, 0.25) is 0 Å². The van der Waals surface area contributed by atoms with Crippen molar-refractivity contribution in [3.8, 4) is 22.8 Å². The maximum absolute atomic E-state index is 13.2. The van der Waals surface area contributed by atoms with Crippen molar-refractivity contribution >= 4 is 5.91 Å². The van der Waals surface area contributed by atoms with Gasteiger partial charge in [0.05, 0.1) is 11.3 Å². The molecule has 0 unspecified atom stereocenters. The molecule has 1 heterocycles. The number of rotatable bonds is 9. The summed E-state index contributed by atoms with van der Waals surface area (Å²) in [6.45, 7) is 0.863. The van der Waals surface area contributed by atoms with Crippen LogP contribution in [0.3, 0.4) is 0 Å². The van der Waals surface area contributed by atoms with Crippen molar-refractivity contribution < 1.29 is 22.7 Å². The Hall–Kier alpha value is -3.39. The van der Waals surface area contributed by atoms with Crippen LogP contribution in [0.1, 0.15) is 34.5 Å². The highest BCUT2D eigenvalue weighted by Crippen LogP contribution is 2.35. The quantitative estimate of drug-likeness (QED) is 0.428. The van der Waals surface area contributed by atoms with Crippen LogP contribution in [0.25, 0.3) is 11.3 Å². The molecule has 5 nitrogen and oxygen atoms in total. The van der Waals surface area contributed by atoms with Crippen LogP contribution in [0.2, 0.25) is 0 Å². The second kappa shape index (κ2) is 10.5. The number of nitrogens with zero attached hydrogens (tertiary/aromatic N) is 2. The average molecular weight is 457 g/mol. The monoisotopic (exact) mass is 457 g/mol. The van der Waals surface area contributed by atoms with Gasteiger partial charge in [-0.15, -0.1) is 0 Å². The molecule has 3 aromatic rings. The fourth-order valence-electron chi connectivity index (χ4n) is 3.35. The molecule has 2 N–H and O–H groups in total. The molecule has 0 radical (unpaired) electrons. The Labute approximate surface area is 191 Å². The molecule has 0 aliphatic rings. The lowest BCUT2D eigenvalue weighted by Crippen LogP contribution is -2.13. The second-order valence-corrected chi connectivity index (χ2v) is 7.98. The molecule has 0 saturated carbocycles. The van der Waals surface area contributed by atoms with Crippen LogP contribution >= 0.6 is 0 Å². The zero-order valence-corrected chi connectivity index (χ0v) is 18.5. The predicted octanol–water partition coefficient (Wildman–Crippen LogP) is 5.54. The van der Waals surface area contributed by atoms with Crippen LogP contribution in [0.5, 0.6) is 11.5 Å². The van der Waals surface area contributed by atoms with E-state index in [1.54, 1.807) is 36.4 Å². The van der Waals surface area contributed by atoms with E-state index in [1.165, 1.54) is 18.2 Å². The van der Waals surface area contributed by atoms with E-state index in [0.29, 0.717) is 29.2 Å². The molecule has 0 atom stereocenters. The van der Waals surface area contributed by atoms with E-state index < -0.39 is 17.6 Å². The van der Waals surface area contributed by atoms with Crippen LogP contribution < -0.4 is 10.5 Å². The van der Waals surface area contributed by atoms with Gasteiger partial charge < -0.3 is 15.4 Å². The van der Waals surface area contributed by atoms with E-state index in [9.17, 15) is 18.0 Å². The van der Waals surface area contributed by atoms with Gasteiger partial charge in [-0.25, -0.2) is 4.98 Å². The van der Waals surface area contributed by atoms with Crippen molar-refractivity contribution in [2.45, 2.75) is 25.4 Å². The molecule has 1 aromatic heterocycles. The highest BCUT2D eigenvalue weighted by molar-refractivity contribution is 5.91. The van der Waals surface area contributed by atoms with E-state index in [4.69, 9.17) is 10.5 Å². The number of halogens is 3. The lowest BCUT2D eigenvalue weighted by atomic mass is 10.0. The van der Waals surface area contributed by atoms with Crippen LogP contribution in [0, 0.1) is 0 Å². The topological polar surface area (TPSA) is 68.5 Å². The first kappa shape index (κ1) is 24.3. The predicted molar refractivity (Wildman–Crippen MR) is 121 cm³/mol. The number of carbonyl (C=O) groups is 1. The van der Waals surface area contributed by atoms with E-state index in [0.717, 1.165) is 31.0 Å². The summed E-state index contributed by atoms with van der Waals surface area (Å²) in [5.41, 5.74) is 6.61. The van der Waals surface area contributed by atoms with Crippen molar-refractivity contribution in [2.75, 3.05) is 20.6 Å². The number of amides is 1. The van der Waals surface area contributed by atoms with Crippen molar-refractivity contribution in [2.24, 2.45) is 5.73 Å². The summed E-state index contributed by atoms with van der Waals surface area (Å²) < 4.78 is 45.6. The molecule has 0 spiro atoms. The number of alkyl halides is 3. The van der Waals surface area contributed by atoms with Gasteiger partial charge in [0.1, 0.15) is 17.2 Å². The zero-order chi connectivity index (χ0) is 24.0. The first-order valence-electron chi connectivity index (χ1n) is 10.5. The number of ether oxygens (including phenoxy) is 1. The van der Waals surface area contributed by atoms with Crippen molar-refractivity contribution in [1.29, 1.82) is 0 Å². The smallest absolute Gasteiger partial charge is 0.416 e. The number of carbonyl (C=O) groups excluding carboxylic acids is 1. The average Bonchev–Trinajstić information content (AvgIpc) is 2.77. The number of hydrogen-bond acceptors (Lipinski definition) is 4. The Bertz CT molecular complexity index is 1100. The molecule has 8 heteroatoms. The van der Waals surface area contributed by atoms with Gasteiger partial charge in [0.25, 0.3) is 5.91 Å². The van der Waals surface area contributed by atoms with Gasteiger partial charge in [-0.3, -0.25) is 4.79 Å². The minimum Gasteiger partial charge on any atom is -0.457 e. The van der Waals surface area contributed by atoms with E-state index in [2.05, 4.69) is 4.98 Å². The van der Waals surface area contributed by atoms with Gasteiger partial charge in [-0.1, -0.05) is 6.07 Å². The maximum Gasteiger partial charge on any atom is 0.416 e. The van der Waals surface area contributed by atoms with Crippen molar-refractivity contribution in [3.63, 3.8) is 0 Å². The summed E-state index contributed by atoms with van der Waals surface area (Å²) in [6.07, 6.45) is -2.31. The standard InChI is InChI=1S/C25H26F3N3O2/c1-31(2)15-4-3-6-18-16-19(25(26,27)28)11-14-23(18)33-20-12-9-17(10-13-20)21-7-5-8-22(30-21)24(29)32/h5,7-14,16H,3-4,6,15H2,1-2H3,(H2,29,32). The minimum absolute atomic E-state index is 0.163. The molecular weight excluding hydrogens is 431 g/mol. The fraction of sp³-hybridized carbons (Fsp3) is 0.280. The summed E-state index contributed by atoms with van der Waals surface area (Å²) in [6, 6.07) is 15.5. The highest BCUT2D eigenvalue weighted by atomic mass is 19.4. The van der Waals surface area contributed by atoms with Gasteiger partial charge in [-0.2, -0.15) is 13.2 Å². The first-order chi connectivity index (χ1) is 15.6. The summed E-state index contributed by atoms with van der Waals surface area (Å²) >= 11 is 0. The normalized spacial score (nSPS) is 11.6. The zero-order valence-electron chi connectivity index (χ0n) is 18.5. The molecule has 0 fully saturated rings. The highest BCUT2D eigenvalue weighted by Gasteiger charge is 2.31. The summed E-state index contributed by atoms with van der Waals surface area (Å²) in [5, 5.41) is 0. The largest absolute Gasteiger partial charge is 0.457 e. The number of primary amides is 1. The van der Waals surface area contributed by atoms with E-state index in [1.807, 2.05) is 19.0 Å². The number of unbranched alkanes of at least 4 members (excludes halogenated alkanes) is 1. The van der Waals surface area contributed by atoms with Crippen LogP contribution in [0.4, 0.5) is 13.2 Å². The molecule has 0 aliphatic heterocycles. The van der Waals surface area contributed by atoms with E-state index >= 15 is 0 Å². The Morgan fingerprint density at radius 1 is 1.03 bits per heavy atom. The number of hydrogen-bond donors (Lipinski definition) is 1. The van der Waals surface area contributed by atoms with Gasteiger partial charge in [0, 0.05) is 5.56 Å². The second-order valence-electron chi connectivity index (χ2n) is 7.98. The van der Waals surface area contributed by atoms with Crippen LogP contribution in [-0.4, -0.2) is 36.4 Å². The van der Waals surface area contributed by atoms with Crippen LogP contribution in [0.15, 0.2) is 60.7 Å². The van der Waals surface area contributed by atoms with Gasteiger partial charge in [0.15, 0.2) is 0 Å². The Kier molecular flexibility index (Phi) is 7.71. The minimum atomic E-state index is -4.41. The lowest BCUT2D eigenvalue weighted by molar-refractivity contribution is -0.137. The molecule has 1 amide bonds. The summed E-state index contributed by atoms with van der Waals surface area (Å²) in [7, 11) is 3.92. The molecule has 0 bridgehead atoms. The fourth-order valence-corrected chi connectivity index (χ4v) is 3.35. The van der Waals surface area contributed by atoms with Gasteiger partial charge >= 0.3 is 6.18 Å². The lowest BCUT2D eigenvalue weighted by Gasteiger charge is -2.15. The number of nitrogens with two attached hydrogens (primary N) is 1. The molecule has 0 aliphatic carbocycles. The van der Waals surface area contributed by atoms with Crippen LogP contribution in [-0.2, 0) is 12.6 Å². The molecule has 3 rings (SSSR count). The molecular formula is C25H26F3N3O2. The number of aromatic nitrogens is 1. The van der Waals surface area contributed by atoms with Crippen molar-refractivity contribution in [3.05, 3.63) is 77.5 Å². The third kappa shape index (κ3) is 6.79. The Balaban J connectivity index is 1.79. The number of aryl methyl sites for hydroxylation is 1. The van der Waals surface area contributed by atoms with E-state index in [-0.39, 0.29) is 5.69 Å². The number of benzene rings is 2.